The summed E-state index contributed by atoms with van der Waals surface area (Å²) in [5, 5.41) is 9.05. The van der Waals surface area contributed by atoms with Crippen molar-refractivity contribution < 1.29 is 9.50 Å². The number of nitrogens with two attached hydrogens (primary N) is 1. The molecule has 1 rings (SSSR count). The summed E-state index contributed by atoms with van der Waals surface area (Å²) in [6.07, 6.45) is 0.896. The average molecular weight is 240 g/mol. The fourth-order valence-electron chi connectivity index (χ4n) is 1.96. The molecule has 0 spiro atoms. The second-order valence-electron chi connectivity index (χ2n) is 4.18. The zero-order chi connectivity index (χ0) is 12.8. The zero-order valence-electron chi connectivity index (χ0n) is 10.5. The van der Waals surface area contributed by atoms with Gasteiger partial charge in [0.25, 0.3) is 0 Å². The molecule has 0 amide bonds. The third kappa shape index (κ3) is 3.41. The van der Waals surface area contributed by atoms with E-state index in [4.69, 9.17) is 10.8 Å². The topological polar surface area (TPSA) is 49.5 Å². The maximum Gasteiger partial charge on any atom is 0.146 e. The number of hydrogen-bond donors (Lipinski definition) is 2. The molecule has 0 saturated heterocycles. The molecule has 0 aliphatic carbocycles. The smallest absolute Gasteiger partial charge is 0.146 e. The Morgan fingerprint density at radius 3 is 2.65 bits per heavy atom. The van der Waals surface area contributed by atoms with E-state index in [9.17, 15) is 4.39 Å². The van der Waals surface area contributed by atoms with Gasteiger partial charge in [0.05, 0.1) is 12.3 Å². The van der Waals surface area contributed by atoms with E-state index in [0.717, 1.165) is 12.0 Å². The van der Waals surface area contributed by atoms with Gasteiger partial charge in [-0.25, -0.2) is 4.39 Å². The van der Waals surface area contributed by atoms with Crippen LogP contribution in [0.2, 0.25) is 0 Å². The normalized spacial score (nSPS) is 12.5. The van der Waals surface area contributed by atoms with Crippen LogP contribution in [0.3, 0.4) is 0 Å². The molecule has 0 heterocycles. The molecule has 0 aliphatic rings. The molecule has 1 atom stereocenters. The Hall–Kier alpha value is -1.13. The number of aliphatic hydroxyl groups is 1. The first kappa shape index (κ1) is 13.9. The Balaban J connectivity index is 3.14. The number of halogens is 1. The van der Waals surface area contributed by atoms with Gasteiger partial charge in [-0.15, -0.1) is 0 Å². The van der Waals surface area contributed by atoms with Crippen LogP contribution < -0.4 is 10.6 Å². The predicted octanol–water partition coefficient (Wildman–Crippen LogP) is 2.05. The molecule has 0 bridgehead atoms. The predicted molar refractivity (Wildman–Crippen MR) is 68.6 cm³/mol. The van der Waals surface area contributed by atoms with Gasteiger partial charge in [-0.05, 0) is 25.0 Å². The lowest BCUT2D eigenvalue weighted by atomic mass is 10.0. The number of aliphatic hydroxyl groups excluding tert-OH is 1. The van der Waals surface area contributed by atoms with Crippen LogP contribution in [0.4, 0.5) is 10.1 Å². The number of rotatable bonds is 6. The summed E-state index contributed by atoms with van der Waals surface area (Å²) in [5.41, 5.74) is 7.17. The van der Waals surface area contributed by atoms with E-state index >= 15 is 0 Å². The lowest BCUT2D eigenvalue weighted by Crippen LogP contribution is -2.30. The first-order valence-corrected chi connectivity index (χ1v) is 6.01. The first-order valence-electron chi connectivity index (χ1n) is 6.01. The third-order valence-corrected chi connectivity index (χ3v) is 2.69. The zero-order valence-corrected chi connectivity index (χ0v) is 10.5. The number of nitrogens with zero attached hydrogens (tertiary/aromatic N) is 1. The Kier molecular flexibility index (Phi) is 5.38. The Morgan fingerprint density at radius 2 is 2.12 bits per heavy atom. The first-order chi connectivity index (χ1) is 8.11. The van der Waals surface area contributed by atoms with Crippen molar-refractivity contribution in [2.45, 2.75) is 26.3 Å². The maximum atomic E-state index is 13.9. The van der Waals surface area contributed by atoms with Crippen molar-refractivity contribution in [2.24, 2.45) is 5.73 Å². The van der Waals surface area contributed by atoms with Crippen LogP contribution in [-0.4, -0.2) is 24.8 Å². The van der Waals surface area contributed by atoms with Gasteiger partial charge >= 0.3 is 0 Å². The maximum absolute atomic E-state index is 13.9. The van der Waals surface area contributed by atoms with Crippen molar-refractivity contribution in [3.05, 3.63) is 29.6 Å². The summed E-state index contributed by atoms with van der Waals surface area (Å²) in [6.45, 7) is 5.00. The van der Waals surface area contributed by atoms with E-state index in [1.807, 2.05) is 24.8 Å². The van der Waals surface area contributed by atoms with Gasteiger partial charge in [0, 0.05) is 19.1 Å². The number of hydrogen-bond acceptors (Lipinski definition) is 3. The highest BCUT2D eigenvalue weighted by molar-refractivity contribution is 5.56. The van der Waals surface area contributed by atoms with Gasteiger partial charge in [0.2, 0.25) is 0 Å². The molecule has 1 aromatic rings. The van der Waals surface area contributed by atoms with Crippen molar-refractivity contribution in [3.63, 3.8) is 0 Å². The van der Waals surface area contributed by atoms with Gasteiger partial charge < -0.3 is 15.7 Å². The summed E-state index contributed by atoms with van der Waals surface area (Å²) in [5.74, 6) is -0.276. The Morgan fingerprint density at radius 1 is 1.41 bits per heavy atom. The largest absolute Gasteiger partial charge is 0.395 e. The quantitative estimate of drug-likeness (QED) is 0.800. The number of para-hydroxylation sites is 1. The van der Waals surface area contributed by atoms with E-state index in [-0.39, 0.29) is 18.5 Å². The molecule has 17 heavy (non-hydrogen) atoms. The number of anilines is 1. The van der Waals surface area contributed by atoms with E-state index < -0.39 is 0 Å². The summed E-state index contributed by atoms with van der Waals surface area (Å²) in [6, 6.07) is 4.71. The van der Waals surface area contributed by atoms with Crippen LogP contribution in [0.15, 0.2) is 18.2 Å². The summed E-state index contributed by atoms with van der Waals surface area (Å²) in [7, 11) is 0. The SMILES string of the molecule is CCCN(CCO)c1c(F)cccc1C(C)N. The second-order valence-corrected chi connectivity index (χ2v) is 4.18. The highest BCUT2D eigenvalue weighted by atomic mass is 19.1. The molecule has 3 nitrogen and oxygen atoms in total. The summed E-state index contributed by atoms with van der Waals surface area (Å²) < 4.78 is 13.9. The molecule has 3 N–H and O–H groups in total. The molecule has 0 saturated carbocycles. The van der Waals surface area contributed by atoms with E-state index in [1.165, 1.54) is 6.07 Å². The Bertz CT molecular complexity index is 349. The van der Waals surface area contributed by atoms with E-state index in [0.29, 0.717) is 18.8 Å². The molecule has 96 valence electrons. The van der Waals surface area contributed by atoms with Gasteiger partial charge in [0.15, 0.2) is 0 Å². The minimum absolute atomic E-state index is 0.00667. The lowest BCUT2D eigenvalue weighted by molar-refractivity contribution is 0.301. The van der Waals surface area contributed by atoms with Crippen LogP contribution in [0, 0.1) is 5.82 Å². The van der Waals surface area contributed by atoms with Crippen molar-refractivity contribution >= 4 is 5.69 Å². The fraction of sp³-hybridized carbons (Fsp3) is 0.538. The highest BCUT2D eigenvalue weighted by Gasteiger charge is 2.17. The van der Waals surface area contributed by atoms with Gasteiger partial charge in [0.1, 0.15) is 5.82 Å². The number of benzene rings is 1. The molecule has 0 radical (unpaired) electrons. The molecule has 1 unspecified atom stereocenters. The van der Waals surface area contributed by atoms with Crippen molar-refractivity contribution in [2.75, 3.05) is 24.6 Å². The highest BCUT2D eigenvalue weighted by Crippen LogP contribution is 2.28. The van der Waals surface area contributed by atoms with E-state index in [2.05, 4.69) is 0 Å². The van der Waals surface area contributed by atoms with Gasteiger partial charge in [-0.2, -0.15) is 0 Å². The standard InChI is InChI=1S/C13H21FN2O/c1-3-7-16(8-9-17)13-11(10(2)15)5-4-6-12(13)14/h4-6,10,17H,3,7-9,15H2,1-2H3. The molecular weight excluding hydrogens is 219 g/mol. The average Bonchev–Trinajstić information content (AvgIpc) is 2.28. The molecule has 1 aromatic carbocycles. The van der Waals surface area contributed by atoms with Crippen LogP contribution >= 0.6 is 0 Å². The van der Waals surface area contributed by atoms with Crippen LogP contribution in [-0.2, 0) is 0 Å². The van der Waals surface area contributed by atoms with Crippen LogP contribution in [0.5, 0.6) is 0 Å². The van der Waals surface area contributed by atoms with Gasteiger partial charge in [-0.3, -0.25) is 0 Å². The molecule has 0 aromatic heterocycles. The monoisotopic (exact) mass is 240 g/mol. The molecule has 0 fully saturated rings. The van der Waals surface area contributed by atoms with E-state index in [1.54, 1.807) is 6.07 Å². The second kappa shape index (κ2) is 6.57. The fourth-order valence-corrected chi connectivity index (χ4v) is 1.96. The molecular formula is C13H21FN2O. The molecule has 4 heteroatoms. The third-order valence-electron chi connectivity index (χ3n) is 2.69. The van der Waals surface area contributed by atoms with Crippen molar-refractivity contribution in [1.29, 1.82) is 0 Å². The summed E-state index contributed by atoms with van der Waals surface area (Å²) in [4.78, 5) is 1.86. The van der Waals surface area contributed by atoms with Crippen LogP contribution in [0.25, 0.3) is 0 Å². The minimum Gasteiger partial charge on any atom is -0.395 e. The Labute approximate surface area is 102 Å². The van der Waals surface area contributed by atoms with Crippen molar-refractivity contribution in [3.8, 4) is 0 Å². The van der Waals surface area contributed by atoms with Crippen LogP contribution in [0.1, 0.15) is 31.9 Å². The van der Waals surface area contributed by atoms with Crippen molar-refractivity contribution in [1.82, 2.24) is 0 Å². The van der Waals surface area contributed by atoms with Gasteiger partial charge in [-0.1, -0.05) is 19.1 Å². The molecule has 0 aliphatic heterocycles. The minimum atomic E-state index is -0.276. The lowest BCUT2D eigenvalue weighted by Gasteiger charge is -2.27. The summed E-state index contributed by atoms with van der Waals surface area (Å²) >= 11 is 0.